The van der Waals surface area contributed by atoms with Gasteiger partial charge in [-0.05, 0) is 61.2 Å². The molecule has 12 heteroatoms. The van der Waals surface area contributed by atoms with Crippen molar-refractivity contribution < 1.29 is 19.1 Å². The number of carbonyl (C=O) groups excluding carboxylic acids is 2. The van der Waals surface area contributed by atoms with Gasteiger partial charge in [-0.15, -0.1) is 0 Å². The first-order valence-electron chi connectivity index (χ1n) is 17.0. The summed E-state index contributed by atoms with van der Waals surface area (Å²) in [6, 6.07) is 20.2. The van der Waals surface area contributed by atoms with Crippen LogP contribution in [0.1, 0.15) is 31.2 Å². The second-order valence-electron chi connectivity index (χ2n) is 13.1. The number of hydrogen-bond acceptors (Lipinski definition) is 10. The molecule has 1 atom stereocenters. The predicted molar refractivity (Wildman–Crippen MR) is 189 cm³/mol. The summed E-state index contributed by atoms with van der Waals surface area (Å²) >= 11 is 0. The summed E-state index contributed by atoms with van der Waals surface area (Å²) in [4.78, 5) is 51.7. The monoisotopic (exact) mass is 665 g/mol. The van der Waals surface area contributed by atoms with E-state index in [4.69, 9.17) is 14.5 Å². The third kappa shape index (κ3) is 7.25. The van der Waals surface area contributed by atoms with Gasteiger partial charge in [-0.25, -0.2) is 4.98 Å². The Bertz CT molecular complexity index is 1860. The molecule has 2 amide bonds. The number of rotatable bonds is 9. The average molecular weight is 666 g/mol. The van der Waals surface area contributed by atoms with E-state index in [1.807, 2.05) is 24.3 Å². The fourth-order valence-corrected chi connectivity index (χ4v) is 7.23. The number of nitrogens with one attached hydrogen (secondary N) is 3. The number of ether oxygens (including phenoxy) is 2. The lowest BCUT2D eigenvalue weighted by atomic mass is 10.0. The van der Waals surface area contributed by atoms with E-state index in [0.29, 0.717) is 47.1 Å². The van der Waals surface area contributed by atoms with Crippen molar-refractivity contribution in [3.05, 3.63) is 76.6 Å². The second-order valence-corrected chi connectivity index (χ2v) is 13.1. The van der Waals surface area contributed by atoms with Gasteiger partial charge in [0, 0.05) is 87.3 Å². The smallest absolute Gasteiger partial charge is 0.262 e. The lowest BCUT2D eigenvalue weighted by molar-refractivity contribution is -0.133. The van der Waals surface area contributed by atoms with Crippen molar-refractivity contribution in [2.75, 3.05) is 63.7 Å². The first-order valence-corrected chi connectivity index (χ1v) is 17.0. The first kappa shape index (κ1) is 32.6. The molecular weight excluding hydrogens is 622 g/mol. The number of anilines is 2. The van der Waals surface area contributed by atoms with Crippen LogP contribution in [0.3, 0.4) is 0 Å². The Hall–Kier alpha value is -4.94. The molecule has 3 aromatic carbocycles. The number of aromatic nitrogens is 2. The van der Waals surface area contributed by atoms with Gasteiger partial charge in [0.25, 0.3) is 5.56 Å². The number of fused-ring (bicyclic) bond motifs is 1. The number of benzene rings is 3. The molecule has 4 aromatic rings. The van der Waals surface area contributed by atoms with Crippen molar-refractivity contribution in [3.8, 4) is 22.9 Å². The van der Waals surface area contributed by atoms with Crippen molar-refractivity contribution in [2.24, 2.45) is 0 Å². The number of H-pyrrole nitrogens is 1. The van der Waals surface area contributed by atoms with Gasteiger partial charge >= 0.3 is 0 Å². The van der Waals surface area contributed by atoms with Crippen LogP contribution < -0.4 is 30.6 Å². The third-order valence-electron chi connectivity index (χ3n) is 10.0. The minimum Gasteiger partial charge on any atom is -0.497 e. The quantitative estimate of drug-likeness (QED) is 0.228. The van der Waals surface area contributed by atoms with E-state index < -0.39 is 0 Å². The van der Waals surface area contributed by atoms with E-state index in [-0.39, 0.29) is 23.4 Å². The van der Waals surface area contributed by atoms with Crippen LogP contribution in [-0.4, -0.2) is 97.2 Å². The minimum absolute atomic E-state index is 0.201. The summed E-state index contributed by atoms with van der Waals surface area (Å²) in [6.45, 7) is 7.16. The van der Waals surface area contributed by atoms with Crippen LogP contribution >= 0.6 is 0 Å². The Morgan fingerprint density at radius 1 is 0.857 bits per heavy atom. The maximum Gasteiger partial charge on any atom is 0.262 e. The van der Waals surface area contributed by atoms with Crippen molar-refractivity contribution >= 4 is 34.1 Å². The highest BCUT2D eigenvalue weighted by atomic mass is 16.5. The van der Waals surface area contributed by atoms with Crippen LogP contribution in [0.2, 0.25) is 0 Å². The third-order valence-corrected chi connectivity index (χ3v) is 10.0. The number of methoxy groups -OCH3 is 2. The Kier molecular flexibility index (Phi) is 9.49. The molecule has 3 N–H and O–H groups in total. The van der Waals surface area contributed by atoms with Gasteiger partial charge in [0.05, 0.1) is 19.7 Å². The second kappa shape index (κ2) is 14.3. The number of aromatic amines is 1. The molecule has 4 heterocycles. The lowest BCUT2D eigenvalue weighted by Gasteiger charge is -2.43. The van der Waals surface area contributed by atoms with E-state index in [1.54, 1.807) is 19.2 Å². The topological polar surface area (TPSA) is 132 Å². The maximum absolute atomic E-state index is 13.0. The zero-order valence-electron chi connectivity index (χ0n) is 28.0. The van der Waals surface area contributed by atoms with E-state index >= 15 is 0 Å². The largest absolute Gasteiger partial charge is 0.497 e. The average Bonchev–Trinajstić information content (AvgIpc) is 3.13. The molecule has 1 aromatic heterocycles. The van der Waals surface area contributed by atoms with Gasteiger partial charge in [-0.3, -0.25) is 29.5 Å². The van der Waals surface area contributed by atoms with Crippen molar-refractivity contribution in [1.29, 1.82) is 0 Å². The predicted octanol–water partition coefficient (Wildman–Crippen LogP) is 3.61. The van der Waals surface area contributed by atoms with E-state index in [2.05, 4.69) is 54.6 Å². The van der Waals surface area contributed by atoms with Crippen LogP contribution in [0.5, 0.6) is 11.5 Å². The molecule has 0 saturated carbocycles. The minimum atomic E-state index is -0.368. The van der Waals surface area contributed by atoms with Gasteiger partial charge in [0.1, 0.15) is 28.8 Å². The number of nitrogens with zero attached hydrogens (tertiary/aromatic N) is 4. The summed E-state index contributed by atoms with van der Waals surface area (Å²) in [5.74, 6) is 1.07. The molecule has 3 aliphatic rings. The fourth-order valence-electron chi connectivity index (χ4n) is 7.23. The first-order chi connectivity index (χ1) is 23.9. The molecule has 12 nitrogen and oxygen atoms in total. The van der Waals surface area contributed by atoms with Gasteiger partial charge in [0.15, 0.2) is 0 Å². The number of imide groups is 1. The lowest BCUT2D eigenvalue weighted by Crippen LogP contribution is -2.53. The summed E-state index contributed by atoms with van der Waals surface area (Å²) in [7, 11) is 3.11. The molecule has 3 saturated heterocycles. The Balaban J connectivity index is 0.886. The van der Waals surface area contributed by atoms with Gasteiger partial charge in [-0.1, -0.05) is 12.1 Å². The van der Waals surface area contributed by atoms with Crippen LogP contribution in [-0.2, 0) is 16.1 Å². The number of carbonyl (C=O) groups is 2. The van der Waals surface area contributed by atoms with Crippen LogP contribution in [0.15, 0.2) is 65.5 Å². The van der Waals surface area contributed by atoms with Gasteiger partial charge in [-0.2, -0.15) is 0 Å². The Morgan fingerprint density at radius 3 is 2.27 bits per heavy atom. The highest BCUT2D eigenvalue weighted by molar-refractivity contribution is 6.01. The summed E-state index contributed by atoms with van der Waals surface area (Å²) in [5, 5.41) is 6.05. The maximum atomic E-state index is 13.0. The zero-order valence-corrected chi connectivity index (χ0v) is 28.0. The standard InChI is InChI=1S/C37H43N7O5/c1-48-29-21-31-34(32(22-29)49-2)37(47)41-35(39-31)25-5-9-27(10-6-25)43-15-13-28(14-16-43)44-19-17-42(18-20-44)23-24-3-7-26(8-4-24)38-30-11-12-33(45)40-36(30)46/h3-10,21-22,28,30,38H,11-20,23H2,1-2H3,(H,39,41,47)(H,40,45,46). The molecule has 0 bridgehead atoms. The molecule has 3 fully saturated rings. The Labute approximate surface area is 285 Å². The fraction of sp³-hybridized carbons (Fsp3) is 0.405. The SMILES string of the molecule is COc1cc(OC)c2c(=O)[nH]c(-c3ccc(N4CCC(N5CCN(Cc6ccc(NC7CCC(=O)NC7=O)cc6)CC5)CC4)cc3)nc2c1. The van der Waals surface area contributed by atoms with Crippen molar-refractivity contribution in [1.82, 2.24) is 25.1 Å². The molecule has 3 aliphatic heterocycles. The Morgan fingerprint density at radius 2 is 1.59 bits per heavy atom. The van der Waals surface area contributed by atoms with E-state index in [0.717, 1.165) is 69.9 Å². The van der Waals surface area contributed by atoms with Crippen molar-refractivity contribution in [2.45, 2.75) is 44.3 Å². The van der Waals surface area contributed by atoms with Crippen LogP contribution in [0.25, 0.3) is 22.3 Å². The zero-order chi connectivity index (χ0) is 33.9. The highest BCUT2D eigenvalue weighted by Gasteiger charge is 2.28. The number of amides is 2. The molecule has 49 heavy (non-hydrogen) atoms. The van der Waals surface area contributed by atoms with Crippen LogP contribution in [0, 0.1) is 0 Å². The summed E-state index contributed by atoms with van der Waals surface area (Å²) in [6.07, 6.45) is 3.15. The van der Waals surface area contributed by atoms with Gasteiger partial charge in [0.2, 0.25) is 11.8 Å². The molecule has 1 unspecified atom stereocenters. The molecular formula is C37H43N7O5. The molecule has 256 valence electrons. The highest BCUT2D eigenvalue weighted by Crippen LogP contribution is 2.30. The number of hydrogen-bond donors (Lipinski definition) is 3. The van der Waals surface area contributed by atoms with Gasteiger partial charge < -0.3 is 24.7 Å². The summed E-state index contributed by atoms with van der Waals surface area (Å²) < 4.78 is 10.8. The molecule has 0 aliphatic carbocycles. The summed E-state index contributed by atoms with van der Waals surface area (Å²) in [5.41, 5.74) is 4.45. The van der Waals surface area contributed by atoms with E-state index in [1.165, 1.54) is 18.4 Å². The number of piperazine rings is 1. The molecule has 0 radical (unpaired) electrons. The number of piperidine rings is 2. The van der Waals surface area contributed by atoms with Crippen molar-refractivity contribution in [3.63, 3.8) is 0 Å². The molecule has 7 rings (SSSR count). The van der Waals surface area contributed by atoms with Crippen LogP contribution in [0.4, 0.5) is 11.4 Å². The molecule has 0 spiro atoms. The van der Waals surface area contributed by atoms with E-state index in [9.17, 15) is 14.4 Å². The normalized spacial score (nSPS) is 19.6.